The summed E-state index contributed by atoms with van der Waals surface area (Å²) in [5, 5.41) is 0. The second-order valence-corrected chi connectivity index (χ2v) is 7.00. The fraction of sp³-hybridized carbons (Fsp3) is 0.143. The van der Waals surface area contributed by atoms with E-state index >= 15 is 0 Å². The Hall–Kier alpha value is -2.51. The van der Waals surface area contributed by atoms with E-state index in [1.54, 1.807) is 12.1 Å². The lowest BCUT2D eigenvalue weighted by Gasteiger charge is -2.15. The van der Waals surface area contributed by atoms with Crippen molar-refractivity contribution >= 4 is 21.6 Å². The molecular weight excluding hydrogens is 433 g/mol. The van der Waals surface area contributed by atoms with Crippen LogP contribution in [0.1, 0.15) is 16.7 Å². The standard InChI is InChI=1S/C21H18BrF3N2O/c22-18-9-10-20(16(12-18)13-26-27-19-7-2-1-3-8-19)28-14-15-5-4-6-17(11-15)21(23,24)25/h1-12,26-27H,13-14H2. The van der Waals surface area contributed by atoms with E-state index in [0.717, 1.165) is 27.9 Å². The minimum Gasteiger partial charge on any atom is -0.489 e. The molecule has 0 unspecified atom stereocenters. The number of ether oxygens (including phenoxy) is 1. The van der Waals surface area contributed by atoms with Crippen LogP contribution in [0.25, 0.3) is 0 Å². The summed E-state index contributed by atoms with van der Waals surface area (Å²) >= 11 is 3.43. The highest BCUT2D eigenvalue weighted by Crippen LogP contribution is 2.30. The van der Waals surface area contributed by atoms with Gasteiger partial charge in [-0.2, -0.15) is 13.2 Å². The van der Waals surface area contributed by atoms with Crippen LogP contribution in [0.4, 0.5) is 18.9 Å². The summed E-state index contributed by atoms with van der Waals surface area (Å²) in [6, 6.07) is 20.3. The third kappa shape index (κ3) is 5.74. The van der Waals surface area contributed by atoms with Crippen LogP contribution in [0.15, 0.2) is 77.3 Å². The van der Waals surface area contributed by atoms with Crippen molar-refractivity contribution in [3.05, 3.63) is 94.0 Å². The van der Waals surface area contributed by atoms with Gasteiger partial charge in [-0.3, -0.25) is 0 Å². The lowest BCUT2D eigenvalue weighted by atomic mass is 10.1. The van der Waals surface area contributed by atoms with Crippen LogP contribution in [0.2, 0.25) is 0 Å². The van der Waals surface area contributed by atoms with Crippen molar-refractivity contribution in [1.82, 2.24) is 5.43 Å². The Kier molecular flexibility index (Phi) is 6.59. The predicted molar refractivity (Wildman–Crippen MR) is 107 cm³/mol. The van der Waals surface area contributed by atoms with Crippen molar-refractivity contribution in [2.75, 3.05) is 5.43 Å². The van der Waals surface area contributed by atoms with E-state index < -0.39 is 11.7 Å². The third-order valence-electron chi connectivity index (χ3n) is 3.96. The van der Waals surface area contributed by atoms with Gasteiger partial charge in [0.25, 0.3) is 0 Å². The van der Waals surface area contributed by atoms with Crippen molar-refractivity contribution in [3.8, 4) is 5.75 Å². The minimum absolute atomic E-state index is 0.0463. The van der Waals surface area contributed by atoms with Crippen LogP contribution in [0.3, 0.4) is 0 Å². The van der Waals surface area contributed by atoms with E-state index in [2.05, 4.69) is 26.8 Å². The fourth-order valence-electron chi connectivity index (χ4n) is 2.59. The van der Waals surface area contributed by atoms with Gasteiger partial charge in [0.2, 0.25) is 0 Å². The third-order valence-corrected chi connectivity index (χ3v) is 4.45. The summed E-state index contributed by atoms with van der Waals surface area (Å²) in [7, 11) is 0. The summed E-state index contributed by atoms with van der Waals surface area (Å²) in [5.41, 5.74) is 7.77. The van der Waals surface area contributed by atoms with Gasteiger partial charge in [0.15, 0.2) is 0 Å². The molecular formula is C21H18BrF3N2O. The van der Waals surface area contributed by atoms with Gasteiger partial charge < -0.3 is 10.2 Å². The van der Waals surface area contributed by atoms with Crippen LogP contribution in [-0.2, 0) is 19.3 Å². The highest BCUT2D eigenvalue weighted by Gasteiger charge is 2.30. The maximum atomic E-state index is 12.9. The molecule has 0 saturated carbocycles. The number of para-hydroxylation sites is 1. The first-order chi connectivity index (χ1) is 13.4. The maximum Gasteiger partial charge on any atom is 0.416 e. The van der Waals surface area contributed by atoms with E-state index in [0.29, 0.717) is 17.9 Å². The Morgan fingerprint density at radius 3 is 2.43 bits per heavy atom. The van der Waals surface area contributed by atoms with Crippen molar-refractivity contribution in [2.24, 2.45) is 0 Å². The molecule has 7 heteroatoms. The predicted octanol–water partition coefficient (Wildman–Crippen LogP) is 6.16. The first-order valence-electron chi connectivity index (χ1n) is 8.53. The molecule has 0 radical (unpaired) electrons. The first-order valence-corrected chi connectivity index (χ1v) is 9.32. The summed E-state index contributed by atoms with van der Waals surface area (Å²) in [4.78, 5) is 0. The van der Waals surface area contributed by atoms with Crippen LogP contribution in [0, 0.1) is 0 Å². The minimum atomic E-state index is -4.37. The van der Waals surface area contributed by atoms with E-state index in [-0.39, 0.29) is 6.61 Å². The number of hydrogen-bond donors (Lipinski definition) is 2. The molecule has 3 nitrogen and oxygen atoms in total. The molecule has 0 bridgehead atoms. The largest absolute Gasteiger partial charge is 0.489 e. The second kappa shape index (κ2) is 9.12. The van der Waals surface area contributed by atoms with E-state index in [1.807, 2.05) is 42.5 Å². The number of hydrogen-bond acceptors (Lipinski definition) is 3. The van der Waals surface area contributed by atoms with E-state index in [4.69, 9.17) is 4.74 Å². The molecule has 0 aliphatic carbocycles. The van der Waals surface area contributed by atoms with E-state index in [9.17, 15) is 13.2 Å². The SMILES string of the molecule is FC(F)(F)c1cccc(COc2ccc(Br)cc2CNNc2ccccc2)c1. The van der Waals surface area contributed by atoms with Crippen LogP contribution >= 0.6 is 15.9 Å². The molecule has 3 aromatic rings. The molecule has 0 spiro atoms. The van der Waals surface area contributed by atoms with Gasteiger partial charge >= 0.3 is 6.18 Å². The van der Waals surface area contributed by atoms with Gasteiger partial charge in [0.1, 0.15) is 12.4 Å². The van der Waals surface area contributed by atoms with Crippen molar-refractivity contribution in [3.63, 3.8) is 0 Å². The van der Waals surface area contributed by atoms with Gasteiger partial charge in [-0.15, -0.1) is 0 Å². The summed E-state index contributed by atoms with van der Waals surface area (Å²) in [6.45, 7) is 0.511. The number of hydrazine groups is 1. The number of nitrogens with one attached hydrogen (secondary N) is 2. The number of rotatable bonds is 7. The molecule has 28 heavy (non-hydrogen) atoms. The average molecular weight is 451 g/mol. The van der Waals surface area contributed by atoms with E-state index in [1.165, 1.54) is 6.07 Å². The molecule has 0 aliphatic rings. The topological polar surface area (TPSA) is 33.3 Å². The van der Waals surface area contributed by atoms with Crippen molar-refractivity contribution in [2.45, 2.75) is 19.3 Å². The highest BCUT2D eigenvalue weighted by atomic mass is 79.9. The van der Waals surface area contributed by atoms with Gasteiger partial charge in [-0.05, 0) is 48.0 Å². The molecule has 3 rings (SSSR count). The average Bonchev–Trinajstić information content (AvgIpc) is 2.68. The lowest BCUT2D eigenvalue weighted by molar-refractivity contribution is -0.137. The Balaban J connectivity index is 1.65. The number of alkyl halides is 3. The van der Waals surface area contributed by atoms with Crippen LogP contribution in [-0.4, -0.2) is 0 Å². The smallest absolute Gasteiger partial charge is 0.416 e. The molecule has 0 saturated heterocycles. The first kappa shape index (κ1) is 20.2. The van der Waals surface area contributed by atoms with Crippen LogP contribution < -0.4 is 15.6 Å². The monoisotopic (exact) mass is 450 g/mol. The van der Waals surface area contributed by atoms with Crippen molar-refractivity contribution in [1.29, 1.82) is 0 Å². The normalized spacial score (nSPS) is 11.3. The molecule has 0 aliphatic heterocycles. The Morgan fingerprint density at radius 2 is 1.68 bits per heavy atom. The highest BCUT2D eigenvalue weighted by molar-refractivity contribution is 9.10. The fourth-order valence-corrected chi connectivity index (χ4v) is 3.00. The molecule has 0 fully saturated rings. The van der Waals surface area contributed by atoms with Gasteiger partial charge in [0.05, 0.1) is 5.56 Å². The summed E-state index contributed by atoms with van der Waals surface area (Å²) in [5.74, 6) is 0.600. The summed E-state index contributed by atoms with van der Waals surface area (Å²) < 4.78 is 45.3. The molecule has 0 aromatic heterocycles. The Labute approximate surface area is 169 Å². The molecule has 0 atom stereocenters. The number of halogens is 4. The maximum absolute atomic E-state index is 12.9. The van der Waals surface area contributed by atoms with Crippen molar-refractivity contribution < 1.29 is 17.9 Å². The van der Waals surface area contributed by atoms with Gasteiger partial charge in [-0.25, -0.2) is 5.43 Å². The molecule has 0 heterocycles. The zero-order chi connectivity index (χ0) is 20.0. The number of anilines is 1. The number of benzene rings is 3. The Bertz CT molecular complexity index is 917. The summed E-state index contributed by atoms with van der Waals surface area (Å²) in [6.07, 6.45) is -4.37. The van der Waals surface area contributed by atoms with Crippen LogP contribution in [0.5, 0.6) is 5.75 Å². The quantitative estimate of drug-likeness (QED) is 0.422. The lowest BCUT2D eigenvalue weighted by Crippen LogP contribution is -2.21. The van der Waals surface area contributed by atoms with Gasteiger partial charge in [0, 0.05) is 22.3 Å². The second-order valence-electron chi connectivity index (χ2n) is 6.08. The zero-order valence-corrected chi connectivity index (χ0v) is 16.3. The Morgan fingerprint density at radius 1 is 0.893 bits per heavy atom. The molecule has 146 valence electrons. The molecule has 3 aromatic carbocycles. The molecule has 0 amide bonds. The zero-order valence-electron chi connectivity index (χ0n) is 14.8. The molecule has 2 N–H and O–H groups in total. The van der Waals surface area contributed by atoms with Gasteiger partial charge in [-0.1, -0.05) is 46.3 Å².